The summed E-state index contributed by atoms with van der Waals surface area (Å²) in [5, 5.41) is 0. The number of hydrogen-bond acceptors (Lipinski definition) is 1. The predicted octanol–water partition coefficient (Wildman–Crippen LogP) is 2.84. The zero-order chi connectivity index (χ0) is 10.3. The Morgan fingerprint density at radius 2 is 1.87 bits per heavy atom. The molecule has 80 valence electrons. The van der Waals surface area contributed by atoms with Crippen molar-refractivity contribution < 1.29 is 0 Å². The van der Waals surface area contributed by atoms with Crippen molar-refractivity contribution in [2.75, 3.05) is 0 Å². The first kappa shape index (κ1) is 9.41. The van der Waals surface area contributed by atoms with Crippen molar-refractivity contribution >= 4 is 0 Å². The maximum atomic E-state index is 6.40. The zero-order valence-electron chi connectivity index (χ0n) is 9.15. The smallest absolute Gasteiger partial charge is 0.0140 e. The van der Waals surface area contributed by atoms with Crippen molar-refractivity contribution in [2.45, 2.75) is 44.1 Å². The molecule has 2 N–H and O–H groups in total. The molecule has 1 fully saturated rings. The molecule has 1 heteroatoms. The molecule has 0 spiro atoms. The molecule has 2 bridgehead atoms. The predicted molar refractivity (Wildman–Crippen MR) is 62.8 cm³/mol. The Balaban J connectivity index is 2.06. The molecule has 2 aliphatic carbocycles. The summed E-state index contributed by atoms with van der Waals surface area (Å²) >= 11 is 0. The number of rotatable bonds is 0. The minimum absolute atomic E-state index is 0.419. The van der Waals surface area contributed by atoms with Crippen LogP contribution in [0.3, 0.4) is 0 Å². The zero-order valence-corrected chi connectivity index (χ0v) is 9.15. The highest BCUT2D eigenvalue weighted by molar-refractivity contribution is 5.35. The summed E-state index contributed by atoms with van der Waals surface area (Å²) in [6.07, 6.45) is 6.60. The van der Waals surface area contributed by atoms with Crippen LogP contribution in [-0.4, -0.2) is 6.04 Å². The van der Waals surface area contributed by atoms with Gasteiger partial charge in [0.05, 0.1) is 0 Å². The van der Waals surface area contributed by atoms with E-state index in [-0.39, 0.29) is 0 Å². The van der Waals surface area contributed by atoms with Crippen molar-refractivity contribution in [3.8, 4) is 0 Å². The van der Waals surface area contributed by atoms with Crippen LogP contribution < -0.4 is 5.73 Å². The van der Waals surface area contributed by atoms with Crippen LogP contribution in [-0.2, 0) is 6.42 Å². The molecule has 0 saturated heterocycles. The van der Waals surface area contributed by atoms with Crippen LogP contribution in [0.25, 0.3) is 0 Å². The summed E-state index contributed by atoms with van der Waals surface area (Å²) in [5.74, 6) is 1.38. The van der Waals surface area contributed by atoms with Crippen molar-refractivity contribution in [3.63, 3.8) is 0 Å². The molecule has 1 aromatic rings. The lowest BCUT2D eigenvalue weighted by Gasteiger charge is -2.35. The minimum Gasteiger partial charge on any atom is -0.327 e. The Morgan fingerprint density at radius 1 is 1.07 bits per heavy atom. The summed E-state index contributed by atoms with van der Waals surface area (Å²) in [4.78, 5) is 0. The molecule has 1 nitrogen and oxygen atoms in total. The molecule has 0 aliphatic heterocycles. The van der Waals surface area contributed by atoms with Gasteiger partial charge in [0.15, 0.2) is 0 Å². The molecule has 3 atom stereocenters. The molecule has 3 rings (SSSR count). The van der Waals surface area contributed by atoms with Crippen LogP contribution in [0.4, 0.5) is 0 Å². The van der Waals surface area contributed by atoms with Crippen molar-refractivity contribution in [1.82, 2.24) is 0 Å². The van der Waals surface area contributed by atoms with Gasteiger partial charge in [-0.15, -0.1) is 0 Å². The van der Waals surface area contributed by atoms with Crippen LogP contribution in [0.1, 0.15) is 42.7 Å². The van der Waals surface area contributed by atoms with E-state index in [1.54, 1.807) is 11.1 Å². The average molecular weight is 201 g/mol. The first-order valence-corrected chi connectivity index (χ1v) is 6.19. The molecule has 15 heavy (non-hydrogen) atoms. The average Bonchev–Trinajstić information content (AvgIpc) is 2.39. The van der Waals surface area contributed by atoms with Crippen molar-refractivity contribution in [2.24, 2.45) is 11.7 Å². The molecule has 2 aliphatic rings. The van der Waals surface area contributed by atoms with Crippen LogP contribution >= 0.6 is 0 Å². The van der Waals surface area contributed by atoms with E-state index in [4.69, 9.17) is 5.73 Å². The van der Waals surface area contributed by atoms with E-state index in [2.05, 4.69) is 24.3 Å². The molecule has 1 aromatic carbocycles. The highest BCUT2D eigenvalue weighted by atomic mass is 14.7. The topological polar surface area (TPSA) is 26.0 Å². The van der Waals surface area contributed by atoms with Gasteiger partial charge in [0.25, 0.3) is 0 Å². The van der Waals surface area contributed by atoms with Gasteiger partial charge >= 0.3 is 0 Å². The van der Waals surface area contributed by atoms with Crippen LogP contribution in [0.5, 0.6) is 0 Å². The highest BCUT2D eigenvalue weighted by Gasteiger charge is 2.35. The monoisotopic (exact) mass is 201 g/mol. The lowest BCUT2D eigenvalue weighted by Crippen LogP contribution is -2.40. The third kappa shape index (κ3) is 1.50. The fraction of sp³-hybridized carbons (Fsp3) is 0.571. The fourth-order valence-electron chi connectivity index (χ4n) is 3.45. The van der Waals surface area contributed by atoms with Crippen LogP contribution in [0.2, 0.25) is 0 Å². The van der Waals surface area contributed by atoms with Gasteiger partial charge in [-0.3, -0.25) is 0 Å². The van der Waals surface area contributed by atoms with Gasteiger partial charge < -0.3 is 5.73 Å². The number of nitrogens with two attached hydrogens (primary N) is 1. The molecular formula is C14H19N. The largest absolute Gasteiger partial charge is 0.327 e. The van der Waals surface area contributed by atoms with Gasteiger partial charge in [-0.2, -0.15) is 0 Å². The second-order valence-electron chi connectivity index (χ2n) is 5.13. The molecule has 3 unspecified atom stereocenters. The molecular weight excluding hydrogens is 182 g/mol. The Hall–Kier alpha value is -0.820. The van der Waals surface area contributed by atoms with E-state index in [1.165, 1.54) is 32.1 Å². The van der Waals surface area contributed by atoms with Gasteiger partial charge in [-0.25, -0.2) is 0 Å². The maximum absolute atomic E-state index is 6.40. The highest BCUT2D eigenvalue weighted by Crippen LogP contribution is 2.41. The quantitative estimate of drug-likeness (QED) is 0.686. The Labute approximate surface area is 91.7 Å². The van der Waals surface area contributed by atoms with E-state index in [0.29, 0.717) is 12.0 Å². The van der Waals surface area contributed by atoms with E-state index in [9.17, 15) is 0 Å². The summed E-state index contributed by atoms with van der Waals surface area (Å²) in [7, 11) is 0. The van der Waals surface area contributed by atoms with Crippen LogP contribution in [0, 0.1) is 5.92 Å². The number of hydrogen-bond donors (Lipinski definition) is 1. The first-order valence-electron chi connectivity index (χ1n) is 6.19. The third-order valence-electron chi connectivity index (χ3n) is 4.29. The first-order chi connectivity index (χ1) is 7.36. The maximum Gasteiger partial charge on any atom is 0.0140 e. The summed E-state index contributed by atoms with van der Waals surface area (Å²) in [6, 6.07) is 9.34. The third-order valence-corrected chi connectivity index (χ3v) is 4.29. The Morgan fingerprint density at radius 3 is 2.80 bits per heavy atom. The van der Waals surface area contributed by atoms with Gasteiger partial charge in [0.2, 0.25) is 0 Å². The van der Waals surface area contributed by atoms with E-state index < -0.39 is 0 Å². The Bertz CT molecular complexity index is 358. The fourth-order valence-corrected chi connectivity index (χ4v) is 3.45. The molecule has 0 heterocycles. The normalized spacial score (nSPS) is 34.3. The standard InChI is InChI=1S/C14H19N/c15-14-11-6-2-4-8-13(14)12-7-3-1-5-10(12)9-11/h1,3,5,7,11,13-14H,2,4,6,8-9,15H2. The van der Waals surface area contributed by atoms with E-state index in [1.807, 2.05) is 0 Å². The van der Waals surface area contributed by atoms with Gasteiger partial charge in [-0.05, 0) is 42.2 Å². The lowest BCUT2D eigenvalue weighted by molar-refractivity contribution is 0.341. The molecule has 1 saturated carbocycles. The molecule has 0 radical (unpaired) electrons. The van der Waals surface area contributed by atoms with Crippen molar-refractivity contribution in [3.05, 3.63) is 35.4 Å². The van der Waals surface area contributed by atoms with Gasteiger partial charge in [0.1, 0.15) is 0 Å². The summed E-state index contributed by atoms with van der Waals surface area (Å²) in [5.41, 5.74) is 9.51. The lowest BCUT2D eigenvalue weighted by atomic mass is 9.73. The molecule has 0 aromatic heterocycles. The minimum atomic E-state index is 0.419. The second-order valence-corrected chi connectivity index (χ2v) is 5.13. The molecule has 0 amide bonds. The SMILES string of the molecule is NC1C2CCCCC1c1ccccc1C2. The Kier molecular flexibility index (Phi) is 2.28. The van der Waals surface area contributed by atoms with Crippen LogP contribution in [0.15, 0.2) is 24.3 Å². The number of benzene rings is 1. The van der Waals surface area contributed by atoms with E-state index in [0.717, 1.165) is 5.92 Å². The van der Waals surface area contributed by atoms with Crippen molar-refractivity contribution in [1.29, 1.82) is 0 Å². The van der Waals surface area contributed by atoms with E-state index >= 15 is 0 Å². The summed E-state index contributed by atoms with van der Waals surface area (Å²) in [6.45, 7) is 0. The van der Waals surface area contributed by atoms with Gasteiger partial charge in [0, 0.05) is 6.04 Å². The summed E-state index contributed by atoms with van der Waals surface area (Å²) < 4.78 is 0. The second kappa shape index (κ2) is 3.64. The number of fused-ring (bicyclic) bond motifs is 4. The van der Waals surface area contributed by atoms with Gasteiger partial charge in [-0.1, -0.05) is 37.1 Å².